The van der Waals surface area contributed by atoms with E-state index in [0.717, 1.165) is 5.92 Å². The molecule has 0 aromatic carbocycles. The van der Waals surface area contributed by atoms with E-state index < -0.39 is 7.26 Å². The van der Waals surface area contributed by atoms with Gasteiger partial charge in [0.25, 0.3) is 0 Å². The van der Waals surface area contributed by atoms with E-state index in [1.165, 1.54) is 31.6 Å². The van der Waals surface area contributed by atoms with Crippen molar-refractivity contribution >= 4 is 7.26 Å². The molecular formula is C12H27P. The van der Waals surface area contributed by atoms with Gasteiger partial charge in [-0.15, -0.1) is 0 Å². The van der Waals surface area contributed by atoms with Gasteiger partial charge in [0.1, 0.15) is 0 Å². The molecule has 1 saturated carbocycles. The molecular weight excluding hydrogens is 175 g/mol. The molecule has 0 nitrogen and oxygen atoms in total. The van der Waals surface area contributed by atoms with E-state index in [2.05, 4.69) is 20.5 Å². The van der Waals surface area contributed by atoms with Crippen molar-refractivity contribution in [2.75, 3.05) is 25.2 Å². The first-order valence-corrected chi connectivity index (χ1v) is 9.32. The summed E-state index contributed by atoms with van der Waals surface area (Å²) >= 11 is 0. The Balaban J connectivity index is 2.35. The van der Waals surface area contributed by atoms with E-state index in [-0.39, 0.29) is 0 Å². The van der Waals surface area contributed by atoms with Crippen molar-refractivity contribution in [3.8, 4) is 0 Å². The summed E-state index contributed by atoms with van der Waals surface area (Å²) in [5, 5.41) is 0. The van der Waals surface area contributed by atoms with Crippen LogP contribution in [0.15, 0.2) is 0 Å². The van der Waals surface area contributed by atoms with Gasteiger partial charge >= 0.3 is 84.3 Å². The summed E-state index contributed by atoms with van der Waals surface area (Å²) in [5.41, 5.74) is 0. The summed E-state index contributed by atoms with van der Waals surface area (Å²) in [6.45, 7) is 7.44. The third kappa shape index (κ3) is 3.58. The molecule has 1 fully saturated rings. The maximum atomic E-state index is 2.61. The van der Waals surface area contributed by atoms with Crippen LogP contribution in [0, 0.1) is 5.92 Å². The third-order valence-corrected chi connectivity index (χ3v) is 9.19. The van der Waals surface area contributed by atoms with E-state index in [0.29, 0.717) is 0 Å². The van der Waals surface area contributed by atoms with Crippen LogP contribution in [-0.2, 0) is 0 Å². The van der Waals surface area contributed by atoms with Crippen LogP contribution in [0.4, 0.5) is 0 Å². The van der Waals surface area contributed by atoms with Crippen molar-refractivity contribution in [2.24, 2.45) is 5.92 Å². The van der Waals surface area contributed by atoms with Crippen LogP contribution in [0.1, 0.15) is 46.0 Å². The molecule has 0 spiro atoms. The van der Waals surface area contributed by atoms with Crippen LogP contribution in [0.25, 0.3) is 0 Å². The first-order valence-electron chi connectivity index (χ1n) is 6.20. The Kier molecular flexibility index (Phi) is 4.73. The van der Waals surface area contributed by atoms with Gasteiger partial charge in [0.05, 0.1) is 0 Å². The fourth-order valence-electron chi connectivity index (χ4n) is 2.63. The average molecular weight is 202 g/mol. The fraction of sp³-hybridized carbons (Fsp3) is 1.00. The van der Waals surface area contributed by atoms with Crippen molar-refractivity contribution in [1.82, 2.24) is 0 Å². The number of rotatable bonds is 4. The van der Waals surface area contributed by atoms with Crippen molar-refractivity contribution in [3.05, 3.63) is 0 Å². The first kappa shape index (κ1) is 11.5. The predicted octanol–water partition coefficient (Wildman–Crippen LogP) is 3.99. The molecule has 13 heavy (non-hydrogen) atoms. The monoisotopic (exact) mass is 202 g/mol. The SMILES string of the molecule is CC[PH](C)(CC)CC1CCCCC1. The Morgan fingerprint density at radius 1 is 1.00 bits per heavy atom. The Morgan fingerprint density at radius 2 is 1.54 bits per heavy atom. The van der Waals surface area contributed by atoms with Gasteiger partial charge in [0.2, 0.25) is 0 Å². The van der Waals surface area contributed by atoms with Gasteiger partial charge in [-0.1, -0.05) is 0 Å². The Labute approximate surface area is 84.8 Å². The molecule has 0 amide bonds. The molecule has 0 aliphatic heterocycles. The van der Waals surface area contributed by atoms with E-state index in [9.17, 15) is 0 Å². The first-order chi connectivity index (χ1) is 6.20. The molecule has 1 aliphatic carbocycles. The van der Waals surface area contributed by atoms with Gasteiger partial charge in [-0.05, 0) is 0 Å². The minimum atomic E-state index is -0.785. The second-order valence-corrected chi connectivity index (χ2v) is 10.7. The zero-order chi connectivity index (χ0) is 9.73. The summed E-state index contributed by atoms with van der Waals surface area (Å²) in [7, 11) is -0.785. The second kappa shape index (κ2) is 5.35. The molecule has 0 bridgehead atoms. The van der Waals surface area contributed by atoms with E-state index in [1.807, 2.05) is 0 Å². The molecule has 0 atom stereocenters. The van der Waals surface area contributed by atoms with Gasteiger partial charge < -0.3 is 0 Å². The summed E-state index contributed by atoms with van der Waals surface area (Å²) in [6, 6.07) is 0. The van der Waals surface area contributed by atoms with E-state index in [1.54, 1.807) is 19.0 Å². The van der Waals surface area contributed by atoms with Crippen molar-refractivity contribution in [2.45, 2.75) is 46.0 Å². The normalized spacial score (nSPS) is 21.8. The topological polar surface area (TPSA) is 0 Å². The minimum absolute atomic E-state index is 0.785. The van der Waals surface area contributed by atoms with Gasteiger partial charge in [0.15, 0.2) is 0 Å². The van der Waals surface area contributed by atoms with Gasteiger partial charge in [-0.3, -0.25) is 0 Å². The van der Waals surface area contributed by atoms with Crippen molar-refractivity contribution < 1.29 is 0 Å². The standard InChI is InChI=1S/C12H27P/c1-4-13(3,5-2)11-12-9-7-6-8-10-12/h12-13H,4-11H2,1-3H3. The third-order valence-electron chi connectivity index (χ3n) is 4.21. The van der Waals surface area contributed by atoms with Crippen LogP contribution < -0.4 is 0 Å². The van der Waals surface area contributed by atoms with Gasteiger partial charge in [-0.25, -0.2) is 0 Å². The predicted molar refractivity (Wildman–Crippen MR) is 66.8 cm³/mol. The van der Waals surface area contributed by atoms with E-state index >= 15 is 0 Å². The molecule has 80 valence electrons. The van der Waals surface area contributed by atoms with Gasteiger partial charge in [0, 0.05) is 0 Å². The average Bonchev–Trinajstić information content (AvgIpc) is 2.19. The summed E-state index contributed by atoms with van der Waals surface area (Å²) in [5.74, 6) is 1.12. The Hall–Kier alpha value is 0.430. The van der Waals surface area contributed by atoms with Crippen LogP contribution in [0.3, 0.4) is 0 Å². The fourth-order valence-corrected chi connectivity index (χ4v) is 5.51. The van der Waals surface area contributed by atoms with Crippen LogP contribution in [-0.4, -0.2) is 25.2 Å². The van der Waals surface area contributed by atoms with Crippen molar-refractivity contribution in [1.29, 1.82) is 0 Å². The maximum absolute atomic E-state index is 2.61. The molecule has 0 aromatic heterocycles. The second-order valence-electron chi connectivity index (χ2n) is 5.23. The molecule has 1 heteroatoms. The number of hydrogen-bond acceptors (Lipinski definition) is 0. The van der Waals surface area contributed by atoms with Crippen LogP contribution in [0.5, 0.6) is 0 Å². The van der Waals surface area contributed by atoms with Crippen molar-refractivity contribution in [3.63, 3.8) is 0 Å². The molecule has 1 aliphatic rings. The van der Waals surface area contributed by atoms with E-state index in [4.69, 9.17) is 0 Å². The summed E-state index contributed by atoms with van der Waals surface area (Å²) < 4.78 is 0. The molecule has 0 unspecified atom stereocenters. The summed E-state index contributed by atoms with van der Waals surface area (Å²) in [4.78, 5) is 0. The molecule has 0 saturated heterocycles. The van der Waals surface area contributed by atoms with Crippen LogP contribution in [0.2, 0.25) is 0 Å². The molecule has 0 heterocycles. The zero-order valence-corrected chi connectivity index (χ0v) is 10.7. The quantitative estimate of drug-likeness (QED) is 0.605. The molecule has 1 rings (SSSR count). The zero-order valence-electron chi connectivity index (χ0n) is 9.73. The Morgan fingerprint density at radius 3 is 2.00 bits per heavy atom. The van der Waals surface area contributed by atoms with Crippen LogP contribution >= 0.6 is 7.26 Å². The molecule has 0 N–H and O–H groups in total. The Bertz CT molecular complexity index is 132. The number of hydrogen-bond donors (Lipinski definition) is 0. The summed E-state index contributed by atoms with van der Waals surface area (Å²) in [6.07, 6.45) is 12.3. The molecule has 0 aromatic rings. The van der Waals surface area contributed by atoms with Gasteiger partial charge in [-0.2, -0.15) is 0 Å². The molecule has 0 radical (unpaired) electrons.